The Hall–Kier alpha value is -1.83. The number of ether oxygens (including phenoxy) is 1. The highest BCUT2D eigenvalue weighted by atomic mass is 19.3. The van der Waals surface area contributed by atoms with Gasteiger partial charge in [-0.15, -0.1) is 0 Å². The van der Waals surface area contributed by atoms with E-state index in [4.69, 9.17) is 0 Å². The Morgan fingerprint density at radius 2 is 2.00 bits per heavy atom. The molecule has 0 bridgehead atoms. The third-order valence-electron chi connectivity index (χ3n) is 3.90. The number of alkyl halides is 4. The van der Waals surface area contributed by atoms with Gasteiger partial charge in [0.25, 0.3) is 0 Å². The fourth-order valence-corrected chi connectivity index (χ4v) is 2.49. The number of carbonyl (C=O) groups is 1. The smallest absolute Gasteiger partial charge is 0.330 e. The maximum absolute atomic E-state index is 12.7. The minimum absolute atomic E-state index is 0.120. The molecule has 0 saturated heterocycles. The van der Waals surface area contributed by atoms with Gasteiger partial charge in [-0.2, -0.15) is 8.78 Å². The van der Waals surface area contributed by atoms with E-state index in [1.54, 1.807) is 4.90 Å². The molecule has 24 heavy (non-hydrogen) atoms. The van der Waals surface area contributed by atoms with Crippen LogP contribution in [-0.4, -0.2) is 56.5 Å². The average molecular weight is 348 g/mol. The highest BCUT2D eigenvalue weighted by Crippen LogP contribution is 2.24. The van der Waals surface area contributed by atoms with E-state index >= 15 is 0 Å². The first-order chi connectivity index (χ1) is 11.3. The largest absolute Gasteiger partial charge is 0.374 e. The fraction of sp³-hybridized carbons (Fsp3) is 0.562. The van der Waals surface area contributed by atoms with Crippen molar-refractivity contribution in [2.75, 3.05) is 38.3 Å². The molecule has 0 N–H and O–H groups in total. The fourth-order valence-electron chi connectivity index (χ4n) is 2.49. The van der Waals surface area contributed by atoms with Gasteiger partial charge >= 0.3 is 12.3 Å². The highest BCUT2D eigenvalue weighted by molar-refractivity contribution is 5.77. The van der Waals surface area contributed by atoms with E-state index in [0.29, 0.717) is 19.6 Å². The zero-order valence-electron chi connectivity index (χ0n) is 13.4. The van der Waals surface area contributed by atoms with E-state index in [0.717, 1.165) is 11.3 Å². The number of hydrogen-bond donors (Lipinski definition) is 0. The van der Waals surface area contributed by atoms with Gasteiger partial charge in [-0.25, -0.2) is 8.78 Å². The number of para-hydroxylation sites is 1. The Morgan fingerprint density at radius 3 is 2.71 bits per heavy atom. The SMILES string of the molecule is CN1CCN(C(=O)CCOCC(F)(F)C(F)F)Cc2ccccc21. The molecule has 4 nitrogen and oxygen atoms in total. The van der Waals surface area contributed by atoms with Crippen LogP contribution < -0.4 is 4.90 Å². The second kappa shape index (κ2) is 7.83. The van der Waals surface area contributed by atoms with Crippen LogP contribution in [0.1, 0.15) is 12.0 Å². The van der Waals surface area contributed by atoms with E-state index < -0.39 is 19.0 Å². The second-order valence-electron chi connectivity index (χ2n) is 5.73. The Balaban J connectivity index is 1.85. The summed E-state index contributed by atoms with van der Waals surface area (Å²) in [6.07, 6.45) is -3.89. The molecular weight excluding hydrogens is 328 g/mol. The highest BCUT2D eigenvalue weighted by Gasteiger charge is 2.40. The van der Waals surface area contributed by atoms with Crippen molar-refractivity contribution >= 4 is 11.6 Å². The lowest BCUT2D eigenvalue weighted by Crippen LogP contribution is -2.36. The van der Waals surface area contributed by atoms with E-state index in [1.165, 1.54) is 0 Å². The number of likely N-dealkylation sites (N-methyl/N-ethyl adjacent to an activating group) is 1. The normalized spacial score (nSPS) is 15.4. The molecule has 0 spiro atoms. The molecule has 1 aliphatic heterocycles. The van der Waals surface area contributed by atoms with Crippen molar-refractivity contribution in [2.24, 2.45) is 0 Å². The molecule has 1 heterocycles. The summed E-state index contributed by atoms with van der Waals surface area (Å²) in [5.74, 6) is -4.44. The van der Waals surface area contributed by atoms with Crippen molar-refractivity contribution in [3.63, 3.8) is 0 Å². The monoisotopic (exact) mass is 348 g/mol. The molecule has 2 rings (SSSR count). The lowest BCUT2D eigenvalue weighted by atomic mass is 10.1. The van der Waals surface area contributed by atoms with Gasteiger partial charge in [0.15, 0.2) is 0 Å². The molecule has 1 aromatic rings. The van der Waals surface area contributed by atoms with Crippen LogP contribution in [0.15, 0.2) is 24.3 Å². The second-order valence-corrected chi connectivity index (χ2v) is 5.73. The van der Waals surface area contributed by atoms with E-state index in [-0.39, 0.29) is 18.9 Å². The van der Waals surface area contributed by atoms with Gasteiger partial charge in [0, 0.05) is 32.4 Å². The molecule has 0 atom stereocenters. The number of nitrogens with zero attached hydrogens (tertiary/aromatic N) is 2. The molecular formula is C16H20F4N2O2. The van der Waals surface area contributed by atoms with Gasteiger partial charge < -0.3 is 14.5 Å². The van der Waals surface area contributed by atoms with Gasteiger partial charge in [0.2, 0.25) is 5.91 Å². The Bertz CT molecular complexity index is 569. The standard InChI is InChI=1S/C16H20F4N2O2/c1-21-7-8-22(10-12-4-2-3-5-13(12)21)14(23)6-9-24-11-16(19,20)15(17)18/h2-5,15H,6-11H2,1H3. The van der Waals surface area contributed by atoms with E-state index in [2.05, 4.69) is 4.74 Å². The summed E-state index contributed by atoms with van der Waals surface area (Å²) in [5, 5.41) is 0. The molecule has 134 valence electrons. The van der Waals surface area contributed by atoms with Crippen LogP contribution in [0.3, 0.4) is 0 Å². The zero-order chi connectivity index (χ0) is 17.7. The summed E-state index contributed by atoms with van der Waals surface area (Å²) in [4.78, 5) is 15.9. The van der Waals surface area contributed by atoms with Crippen molar-refractivity contribution in [3.8, 4) is 0 Å². The number of amides is 1. The summed E-state index contributed by atoms with van der Waals surface area (Å²) >= 11 is 0. The third-order valence-corrected chi connectivity index (χ3v) is 3.90. The summed E-state index contributed by atoms with van der Waals surface area (Å²) < 4.78 is 54.0. The predicted octanol–water partition coefficient (Wildman–Crippen LogP) is 2.77. The molecule has 0 aliphatic carbocycles. The first-order valence-electron chi connectivity index (χ1n) is 7.62. The molecule has 0 saturated carbocycles. The Labute approximate surface area is 138 Å². The van der Waals surface area contributed by atoms with Gasteiger partial charge in [-0.1, -0.05) is 18.2 Å². The first-order valence-corrected chi connectivity index (χ1v) is 7.62. The van der Waals surface area contributed by atoms with Gasteiger partial charge in [-0.05, 0) is 11.6 Å². The van der Waals surface area contributed by atoms with E-state index in [9.17, 15) is 22.4 Å². The number of benzene rings is 1. The summed E-state index contributed by atoms with van der Waals surface area (Å²) in [7, 11) is 1.93. The van der Waals surface area contributed by atoms with Crippen molar-refractivity contribution in [2.45, 2.75) is 25.3 Å². The molecule has 0 unspecified atom stereocenters. The van der Waals surface area contributed by atoms with Crippen LogP contribution in [0.5, 0.6) is 0 Å². The van der Waals surface area contributed by atoms with Crippen LogP contribution in [0.4, 0.5) is 23.2 Å². The van der Waals surface area contributed by atoms with Crippen LogP contribution in [0.2, 0.25) is 0 Å². The molecule has 0 aromatic heterocycles. The van der Waals surface area contributed by atoms with Gasteiger partial charge in [-0.3, -0.25) is 4.79 Å². The number of fused-ring (bicyclic) bond motifs is 1. The van der Waals surface area contributed by atoms with E-state index in [1.807, 2.05) is 36.2 Å². The number of anilines is 1. The molecule has 0 fully saturated rings. The van der Waals surface area contributed by atoms with Crippen LogP contribution in [0, 0.1) is 0 Å². The molecule has 1 amide bonds. The maximum atomic E-state index is 12.7. The van der Waals surface area contributed by atoms with Crippen molar-refractivity contribution in [1.29, 1.82) is 0 Å². The summed E-state index contributed by atoms with van der Waals surface area (Å²) in [6.45, 7) is -0.130. The predicted molar refractivity (Wildman–Crippen MR) is 81.5 cm³/mol. The maximum Gasteiger partial charge on any atom is 0.330 e. The average Bonchev–Trinajstić information content (AvgIpc) is 2.71. The number of carbonyl (C=O) groups excluding carboxylic acids is 1. The van der Waals surface area contributed by atoms with Crippen LogP contribution in [-0.2, 0) is 16.1 Å². The van der Waals surface area contributed by atoms with Crippen LogP contribution >= 0.6 is 0 Å². The van der Waals surface area contributed by atoms with Crippen molar-refractivity contribution in [1.82, 2.24) is 4.90 Å². The lowest BCUT2D eigenvalue weighted by molar-refractivity contribution is -0.167. The number of hydrogen-bond acceptors (Lipinski definition) is 3. The Morgan fingerprint density at radius 1 is 1.29 bits per heavy atom. The molecule has 1 aliphatic rings. The third kappa shape index (κ3) is 4.59. The quantitative estimate of drug-likeness (QED) is 0.585. The molecule has 0 radical (unpaired) electrons. The zero-order valence-corrected chi connectivity index (χ0v) is 13.4. The first kappa shape index (κ1) is 18.5. The van der Waals surface area contributed by atoms with Crippen LogP contribution in [0.25, 0.3) is 0 Å². The lowest BCUT2D eigenvalue weighted by Gasteiger charge is -2.21. The van der Waals surface area contributed by atoms with Crippen molar-refractivity contribution in [3.05, 3.63) is 29.8 Å². The topological polar surface area (TPSA) is 32.8 Å². The van der Waals surface area contributed by atoms with Gasteiger partial charge in [0.1, 0.15) is 6.61 Å². The number of halogens is 4. The molecule has 1 aromatic carbocycles. The number of rotatable bonds is 6. The van der Waals surface area contributed by atoms with Gasteiger partial charge in [0.05, 0.1) is 13.0 Å². The molecule has 8 heteroatoms. The minimum atomic E-state index is -4.19. The minimum Gasteiger partial charge on any atom is -0.374 e. The summed E-state index contributed by atoms with van der Waals surface area (Å²) in [5.41, 5.74) is 2.04. The Kier molecular flexibility index (Phi) is 6.04. The summed E-state index contributed by atoms with van der Waals surface area (Å²) in [6, 6.07) is 7.70. The van der Waals surface area contributed by atoms with Crippen molar-refractivity contribution < 1.29 is 27.1 Å².